The lowest BCUT2D eigenvalue weighted by Crippen LogP contribution is -1.92. The van der Waals surface area contributed by atoms with Gasteiger partial charge in [-0.15, -0.1) is 0 Å². The molecule has 0 radical (unpaired) electrons. The van der Waals surface area contributed by atoms with E-state index in [1.807, 2.05) is 6.07 Å². The standard InChI is InChI=1S/C60H36O/c1-2-14-39(15-3-1)57-44-17-4-6-19-46(44)58(47-20-7-5-18-45(47)57)40-30-28-37-26-27-38-29-31-41(35-53(38)52(37)34-40)59-48-21-8-10-23-50(48)60(51-24-11-9-22-49(51)59)42-32-33-56-54(36-42)43-16-12-13-25-55(43)61-56/h1-36H. The van der Waals surface area contributed by atoms with Gasteiger partial charge in [0.15, 0.2) is 0 Å². The van der Waals surface area contributed by atoms with Crippen molar-refractivity contribution in [2.45, 2.75) is 0 Å². The van der Waals surface area contributed by atoms with Crippen LogP contribution >= 0.6 is 0 Å². The molecule has 1 heteroatoms. The molecule has 0 aliphatic carbocycles. The van der Waals surface area contributed by atoms with Crippen LogP contribution in [0.2, 0.25) is 0 Å². The van der Waals surface area contributed by atoms with Crippen molar-refractivity contribution in [3.05, 3.63) is 218 Å². The fourth-order valence-electron chi connectivity index (χ4n) is 10.3. The molecule has 0 spiro atoms. The van der Waals surface area contributed by atoms with E-state index in [1.165, 1.54) is 109 Å². The number of rotatable bonds is 4. The van der Waals surface area contributed by atoms with E-state index in [1.54, 1.807) is 0 Å². The maximum absolute atomic E-state index is 6.25. The summed E-state index contributed by atoms with van der Waals surface area (Å²) in [6.07, 6.45) is 0. The van der Waals surface area contributed by atoms with Crippen LogP contribution in [0.3, 0.4) is 0 Å². The van der Waals surface area contributed by atoms with Crippen LogP contribution in [-0.4, -0.2) is 0 Å². The third-order valence-electron chi connectivity index (χ3n) is 13.0. The van der Waals surface area contributed by atoms with Crippen molar-refractivity contribution in [3.63, 3.8) is 0 Å². The summed E-state index contributed by atoms with van der Waals surface area (Å²) in [5.74, 6) is 0. The second-order valence-electron chi connectivity index (χ2n) is 16.3. The number of fused-ring (bicyclic) bond motifs is 10. The minimum Gasteiger partial charge on any atom is -0.456 e. The Bertz CT molecular complexity index is 3810. The van der Waals surface area contributed by atoms with Gasteiger partial charge in [0.2, 0.25) is 0 Å². The van der Waals surface area contributed by atoms with Gasteiger partial charge in [0, 0.05) is 10.8 Å². The fourth-order valence-corrected chi connectivity index (χ4v) is 10.3. The van der Waals surface area contributed by atoms with E-state index >= 15 is 0 Å². The van der Waals surface area contributed by atoms with E-state index < -0.39 is 0 Å². The first kappa shape index (κ1) is 33.9. The van der Waals surface area contributed by atoms with Gasteiger partial charge in [-0.2, -0.15) is 0 Å². The molecule has 1 heterocycles. The maximum atomic E-state index is 6.25. The fraction of sp³-hybridized carbons (Fsp3) is 0. The van der Waals surface area contributed by atoms with Crippen LogP contribution in [0.15, 0.2) is 223 Å². The molecule has 0 saturated carbocycles. The van der Waals surface area contributed by atoms with Gasteiger partial charge in [-0.3, -0.25) is 0 Å². The predicted molar refractivity (Wildman–Crippen MR) is 260 cm³/mol. The largest absolute Gasteiger partial charge is 0.456 e. The lowest BCUT2D eigenvalue weighted by atomic mass is 9.84. The first-order chi connectivity index (χ1) is 30.3. The molecule has 12 aromatic carbocycles. The molecule has 0 saturated heterocycles. The van der Waals surface area contributed by atoms with Gasteiger partial charge in [0.25, 0.3) is 0 Å². The average Bonchev–Trinajstić information content (AvgIpc) is 3.70. The minimum absolute atomic E-state index is 0.910. The Morgan fingerprint density at radius 3 is 0.951 bits per heavy atom. The molecule has 13 rings (SSSR count). The lowest BCUT2D eigenvalue weighted by molar-refractivity contribution is 0.669. The summed E-state index contributed by atoms with van der Waals surface area (Å²) in [6.45, 7) is 0. The Kier molecular flexibility index (Phi) is 7.37. The van der Waals surface area contributed by atoms with Crippen LogP contribution in [0.5, 0.6) is 0 Å². The lowest BCUT2D eigenvalue weighted by Gasteiger charge is -2.19. The van der Waals surface area contributed by atoms with Gasteiger partial charge in [-0.25, -0.2) is 0 Å². The van der Waals surface area contributed by atoms with Gasteiger partial charge in [0.1, 0.15) is 11.2 Å². The van der Waals surface area contributed by atoms with Crippen molar-refractivity contribution in [1.82, 2.24) is 0 Å². The summed E-state index contributed by atoms with van der Waals surface area (Å²) in [4.78, 5) is 0. The molecule has 1 aromatic heterocycles. The monoisotopic (exact) mass is 772 g/mol. The van der Waals surface area contributed by atoms with Gasteiger partial charge < -0.3 is 4.42 Å². The van der Waals surface area contributed by atoms with Crippen LogP contribution in [0.25, 0.3) is 131 Å². The highest BCUT2D eigenvalue weighted by Gasteiger charge is 2.20. The average molecular weight is 773 g/mol. The molecule has 0 N–H and O–H groups in total. The van der Waals surface area contributed by atoms with Crippen molar-refractivity contribution < 1.29 is 4.42 Å². The molecule has 0 atom stereocenters. The Morgan fingerprint density at radius 2 is 0.508 bits per heavy atom. The molecule has 0 unspecified atom stereocenters. The van der Waals surface area contributed by atoms with Crippen LogP contribution in [-0.2, 0) is 0 Å². The summed E-state index contributed by atoms with van der Waals surface area (Å²) in [7, 11) is 0. The first-order valence-corrected chi connectivity index (χ1v) is 21.1. The zero-order valence-electron chi connectivity index (χ0n) is 33.2. The number of hydrogen-bond donors (Lipinski definition) is 0. The summed E-state index contributed by atoms with van der Waals surface area (Å²) in [6, 6.07) is 80.2. The summed E-state index contributed by atoms with van der Waals surface area (Å²) < 4.78 is 6.25. The quantitative estimate of drug-likeness (QED) is 0.128. The number of hydrogen-bond acceptors (Lipinski definition) is 1. The van der Waals surface area contributed by atoms with Crippen molar-refractivity contribution >= 4 is 86.6 Å². The predicted octanol–water partition coefficient (Wildman–Crippen LogP) is 17.2. The third kappa shape index (κ3) is 5.14. The van der Waals surface area contributed by atoms with Crippen LogP contribution in [0, 0.1) is 0 Å². The van der Waals surface area contributed by atoms with E-state index in [4.69, 9.17) is 4.42 Å². The number of benzene rings is 12. The molecule has 1 nitrogen and oxygen atoms in total. The Morgan fingerprint density at radius 1 is 0.197 bits per heavy atom. The van der Waals surface area contributed by atoms with Gasteiger partial charge in [-0.1, -0.05) is 188 Å². The third-order valence-corrected chi connectivity index (χ3v) is 13.0. The Balaban J connectivity index is 1.05. The van der Waals surface area contributed by atoms with E-state index in [0.717, 1.165) is 21.9 Å². The SMILES string of the molecule is c1ccc(-c2c3ccccc3c(-c3ccc4ccc5ccc(-c6c7ccccc7c(-c7ccc8oc9ccccc9c8c7)c7ccccc67)cc5c4c3)c3ccccc23)cc1. The zero-order chi connectivity index (χ0) is 40.0. The first-order valence-electron chi connectivity index (χ1n) is 21.1. The number of furan rings is 1. The van der Waals surface area contributed by atoms with Crippen LogP contribution < -0.4 is 0 Å². The topological polar surface area (TPSA) is 13.1 Å². The molecule has 13 aromatic rings. The zero-order valence-corrected chi connectivity index (χ0v) is 33.2. The maximum Gasteiger partial charge on any atom is 0.135 e. The molecular weight excluding hydrogens is 737 g/mol. The van der Waals surface area contributed by atoms with E-state index in [2.05, 4.69) is 212 Å². The van der Waals surface area contributed by atoms with Crippen LogP contribution in [0.1, 0.15) is 0 Å². The summed E-state index contributed by atoms with van der Waals surface area (Å²) >= 11 is 0. The van der Waals surface area contributed by atoms with Crippen molar-refractivity contribution in [1.29, 1.82) is 0 Å². The molecule has 61 heavy (non-hydrogen) atoms. The molecule has 0 aliphatic heterocycles. The highest BCUT2D eigenvalue weighted by molar-refractivity contribution is 6.25. The van der Waals surface area contributed by atoms with Gasteiger partial charge >= 0.3 is 0 Å². The molecule has 282 valence electrons. The summed E-state index contributed by atoms with van der Waals surface area (Å²) in [5.41, 5.74) is 11.7. The smallest absolute Gasteiger partial charge is 0.135 e. The highest BCUT2D eigenvalue weighted by atomic mass is 16.3. The van der Waals surface area contributed by atoms with Gasteiger partial charge in [0.05, 0.1) is 0 Å². The molecule has 0 bridgehead atoms. The van der Waals surface area contributed by atoms with Crippen LogP contribution in [0.4, 0.5) is 0 Å². The summed E-state index contributed by atoms with van der Waals surface area (Å²) in [5, 5.41) is 17.3. The second kappa shape index (κ2) is 13.3. The normalized spacial score (nSPS) is 11.9. The van der Waals surface area contributed by atoms with E-state index in [9.17, 15) is 0 Å². The molecule has 0 aliphatic rings. The number of para-hydroxylation sites is 1. The minimum atomic E-state index is 0.910. The van der Waals surface area contributed by atoms with Crippen molar-refractivity contribution in [2.24, 2.45) is 0 Å². The van der Waals surface area contributed by atoms with E-state index in [0.29, 0.717) is 0 Å². The van der Waals surface area contributed by atoms with Crippen molar-refractivity contribution in [3.8, 4) is 44.5 Å². The Labute approximate surface area is 352 Å². The van der Waals surface area contributed by atoms with E-state index in [-0.39, 0.29) is 0 Å². The highest BCUT2D eigenvalue weighted by Crippen LogP contribution is 2.47. The Hall–Kier alpha value is -8.00. The second-order valence-corrected chi connectivity index (χ2v) is 16.3. The van der Waals surface area contributed by atoms with Gasteiger partial charge in [-0.05, 0) is 139 Å². The molecule has 0 fully saturated rings. The molecule has 0 amide bonds. The van der Waals surface area contributed by atoms with Crippen molar-refractivity contribution in [2.75, 3.05) is 0 Å². The molecular formula is C60H36O.